The summed E-state index contributed by atoms with van der Waals surface area (Å²) >= 11 is 1.76. The van der Waals surface area contributed by atoms with E-state index in [2.05, 4.69) is 315 Å². The van der Waals surface area contributed by atoms with Gasteiger partial charge in [0, 0.05) is 41.4 Å². The van der Waals surface area contributed by atoms with E-state index in [0.29, 0.717) is 10.3 Å². The predicted molar refractivity (Wildman–Crippen MR) is 455 cm³/mol. The van der Waals surface area contributed by atoms with Crippen molar-refractivity contribution < 1.29 is 13.2 Å². The Hall–Kier alpha value is -9.18. The first-order valence-corrected chi connectivity index (χ1v) is 40.3. The number of aryl methyl sites for hydroxylation is 2. The lowest BCUT2D eigenvalue weighted by Gasteiger charge is -2.22. The minimum Gasteiger partial charge on any atom is -0.493 e. The van der Waals surface area contributed by atoms with Crippen LogP contribution in [0.5, 0.6) is 5.75 Å². The van der Waals surface area contributed by atoms with Gasteiger partial charge in [-0.3, -0.25) is 9.97 Å². The van der Waals surface area contributed by atoms with Gasteiger partial charge in [-0.15, -0.1) is 11.3 Å². The fourth-order valence-corrected chi connectivity index (χ4v) is 14.7. The second-order valence-corrected chi connectivity index (χ2v) is 39.7. The molecule has 7 aromatic carbocycles. The number of ether oxygens (including phenoxy) is 1. The van der Waals surface area contributed by atoms with Gasteiger partial charge >= 0.3 is 0 Å². The number of fused-ring (bicyclic) bond motifs is 8. The highest BCUT2D eigenvalue weighted by molar-refractivity contribution is 7.94. The number of nitrogens with zero attached hydrogens (tertiary/aromatic N) is 8. The van der Waals surface area contributed by atoms with Gasteiger partial charge in [-0.1, -0.05) is 245 Å². The zero-order valence-corrected chi connectivity index (χ0v) is 70.7. The molecule has 0 radical (unpaired) electrons. The van der Waals surface area contributed by atoms with E-state index in [1.807, 2.05) is 48.7 Å². The second kappa shape index (κ2) is 33.0. The zero-order chi connectivity index (χ0) is 79.2. The molecule has 13 aromatic rings. The van der Waals surface area contributed by atoms with Crippen LogP contribution >= 0.6 is 11.3 Å². The van der Waals surface area contributed by atoms with Crippen molar-refractivity contribution in [1.29, 1.82) is 0 Å². The summed E-state index contributed by atoms with van der Waals surface area (Å²) in [5, 5.41) is 6.51. The molecule has 0 unspecified atom stereocenters. The van der Waals surface area contributed by atoms with Crippen molar-refractivity contribution in [3.8, 4) is 5.75 Å². The summed E-state index contributed by atoms with van der Waals surface area (Å²) in [6.07, 6.45) is 15.3. The van der Waals surface area contributed by atoms with E-state index in [1.54, 1.807) is 69.7 Å². The van der Waals surface area contributed by atoms with E-state index < -0.39 is 9.84 Å². The van der Waals surface area contributed by atoms with E-state index in [4.69, 9.17) is 4.74 Å². The van der Waals surface area contributed by atoms with E-state index in [0.717, 1.165) is 85.0 Å². The van der Waals surface area contributed by atoms with Crippen molar-refractivity contribution in [3.63, 3.8) is 0 Å². The van der Waals surface area contributed by atoms with Crippen molar-refractivity contribution in [2.24, 2.45) is 0 Å². The van der Waals surface area contributed by atoms with E-state index >= 15 is 0 Å². The number of hydrogen-bond acceptors (Lipinski definition) is 11. The largest absolute Gasteiger partial charge is 0.493 e. The fraction of sp³-hybridized carbons (Fsp3) is 0.409. The molecule has 3 aliphatic rings. The van der Waals surface area contributed by atoms with Gasteiger partial charge < -0.3 is 14.7 Å². The molecule has 0 amide bonds. The Bertz CT molecular complexity index is 5320. The molecule has 8 heterocycles. The molecule has 15 heteroatoms. The molecule has 1 aliphatic carbocycles. The Kier molecular flexibility index (Phi) is 25.3. The van der Waals surface area contributed by atoms with Gasteiger partial charge in [-0.25, -0.2) is 32.9 Å². The van der Waals surface area contributed by atoms with Crippen molar-refractivity contribution in [2.45, 2.75) is 247 Å². The van der Waals surface area contributed by atoms with E-state index in [-0.39, 0.29) is 37.9 Å². The van der Waals surface area contributed by atoms with Crippen molar-refractivity contribution in [2.75, 3.05) is 6.61 Å². The highest BCUT2D eigenvalue weighted by Gasteiger charge is 2.26. The lowest BCUT2D eigenvalue weighted by molar-refractivity contribution is 0.356. The molecule has 0 bridgehead atoms. The molecule has 0 atom stereocenters. The first-order chi connectivity index (χ1) is 50.2. The number of imidazole rings is 2. The molecule has 6 aromatic heterocycles. The van der Waals surface area contributed by atoms with E-state index in [1.165, 1.54) is 62.8 Å². The normalized spacial score (nSPS) is 13.8. The minimum atomic E-state index is -3.17. The molecule has 0 fully saturated rings. The summed E-state index contributed by atoms with van der Waals surface area (Å²) < 4.78 is 31.9. The summed E-state index contributed by atoms with van der Waals surface area (Å²) in [4.78, 5) is 32.9. The van der Waals surface area contributed by atoms with Crippen LogP contribution in [0.3, 0.4) is 0 Å². The number of aromatic nitrogens is 10. The molecule has 2 aliphatic heterocycles. The number of hydrogen-bond donors (Lipinski definition) is 2. The van der Waals surface area contributed by atoms with Gasteiger partial charge in [0.15, 0.2) is 15.5 Å². The lowest BCUT2D eigenvalue weighted by atomic mass is 9.83. The number of aromatic amines is 2. The van der Waals surface area contributed by atoms with Crippen molar-refractivity contribution in [3.05, 3.63) is 254 Å². The number of para-hydroxylation sites is 2. The first-order valence-electron chi connectivity index (χ1n) is 38.0. The number of thiazole rings is 1. The van der Waals surface area contributed by atoms with Crippen LogP contribution in [0.25, 0.3) is 55.0 Å². The highest BCUT2D eigenvalue weighted by Crippen LogP contribution is 2.37. The summed E-state index contributed by atoms with van der Waals surface area (Å²) in [6.45, 7) is 55.7. The van der Waals surface area contributed by atoms with Gasteiger partial charge in [0.1, 0.15) is 17.9 Å². The number of nitrogens with one attached hydrogen (secondary N) is 2. The third-order valence-electron chi connectivity index (χ3n) is 19.3. The maximum atomic E-state index is 11.6. The van der Waals surface area contributed by atoms with Crippen LogP contribution in [0.15, 0.2) is 187 Å². The van der Waals surface area contributed by atoms with Gasteiger partial charge in [0.25, 0.3) is 0 Å². The van der Waals surface area contributed by atoms with E-state index in [9.17, 15) is 8.42 Å². The molecule has 570 valence electrons. The molecule has 16 rings (SSSR count). The topological polar surface area (TPSA) is 170 Å². The summed E-state index contributed by atoms with van der Waals surface area (Å²) in [6, 6.07) is 50.4. The minimum absolute atomic E-state index is 0.0207. The SMILES string of the molecule is CC(C)(C)c1ccc2c(c1)CCO2.CC(C)(C)c1ccc2c(c1)S(=O)(=O)C=C2.CC(C)(C)c1ccc2nc[nH]c2c1.CC(C)(C)c1ccc2nccnc2c1.CC(C)(C)c1cccc2c1CCC2.CC(C)(C)c1cccn2ncnc12.CC(C)(C)c1nc2ccccc2[nH]1.Cc1nc2cc(C(C)(C)C)ccc2s1. The monoisotopic (exact) mass is 1490 g/mol. The third kappa shape index (κ3) is 21.8. The van der Waals surface area contributed by atoms with Crippen LogP contribution in [0.4, 0.5) is 0 Å². The molecule has 2 N–H and O–H groups in total. The summed E-state index contributed by atoms with van der Waals surface area (Å²) in [5.74, 6) is 2.13. The Morgan fingerprint density at radius 1 is 0.463 bits per heavy atom. The van der Waals surface area contributed by atoms with Crippen LogP contribution in [0.2, 0.25) is 0 Å². The summed E-state index contributed by atoms with van der Waals surface area (Å²) in [5.41, 5.74) is 24.3. The number of benzene rings is 7. The van der Waals surface area contributed by atoms with Gasteiger partial charge in [-0.2, -0.15) is 5.10 Å². The molecular formula is C93H118N10O3S2. The Morgan fingerprint density at radius 2 is 1.04 bits per heavy atom. The van der Waals surface area contributed by atoms with Gasteiger partial charge in [0.05, 0.1) is 66.2 Å². The standard InChI is InChI=1S/C13H18.C12H14N2.C12H15NS.C12H14O2S.C12H16O.2C11H14N2.C10H13N3/c1-13(2,3)12-9-5-7-10-6-4-8-11(10)12;1-12(2,3)9-4-5-10-11(8-9)14-7-6-13-10;1-8-13-10-7-9(12(2,3)4)5-6-11(10)14-8;1-12(2,3)10-5-4-9-6-7-15(13,14)11(9)8-10;1-12(2,3)10-4-5-11-9(8-10)6-7-13-11;1-11(2,3)8-4-5-9-10(6-8)13-7-12-9;1-11(2,3)10-12-8-6-4-5-7-9(8)13-10;1-10(2,3)8-5-4-6-13-9(8)11-7-12-13/h5,7,9H,4,6,8H2,1-3H3;4-8H,1-3H3;5-7H,1-4H3;4-8H,1-3H3;4-5,8H,6-7H2,1-3H3;2*4-7H,1-3H3,(H,12,13);4-7H,1-3H3. The van der Waals surface area contributed by atoms with Gasteiger partial charge in [0.2, 0.25) is 0 Å². The molecule has 0 saturated heterocycles. The molecule has 13 nitrogen and oxygen atoms in total. The smallest absolute Gasteiger partial charge is 0.200 e. The number of rotatable bonds is 0. The number of sulfone groups is 1. The number of H-pyrrole nitrogens is 2. The average Bonchev–Trinajstić information content (AvgIpc) is 1.17. The van der Waals surface area contributed by atoms with Gasteiger partial charge in [-0.05, 0) is 193 Å². The van der Waals surface area contributed by atoms with Crippen LogP contribution in [0.1, 0.15) is 245 Å². The van der Waals surface area contributed by atoms with Crippen LogP contribution in [-0.4, -0.2) is 64.5 Å². The molecule has 0 spiro atoms. The molecule has 108 heavy (non-hydrogen) atoms. The zero-order valence-electron chi connectivity index (χ0n) is 69.1. The first kappa shape index (κ1) is 82.9. The van der Waals surface area contributed by atoms with Crippen LogP contribution < -0.4 is 4.74 Å². The second-order valence-electron chi connectivity index (χ2n) is 36.7. The predicted octanol–water partition coefficient (Wildman–Crippen LogP) is 23.7. The highest BCUT2D eigenvalue weighted by atomic mass is 32.2. The maximum Gasteiger partial charge on any atom is 0.200 e. The Morgan fingerprint density at radius 3 is 1.68 bits per heavy atom. The maximum absolute atomic E-state index is 11.6. The van der Waals surface area contributed by atoms with Crippen LogP contribution in [-0.2, 0) is 72.4 Å². The van der Waals surface area contributed by atoms with Crippen molar-refractivity contribution in [1.82, 2.24) is 49.5 Å². The number of pyridine rings is 1. The Balaban J connectivity index is 0.000000142. The third-order valence-corrected chi connectivity index (χ3v) is 21.7. The molecule has 0 saturated carbocycles. The average molecular weight is 1490 g/mol. The van der Waals surface area contributed by atoms with Crippen molar-refractivity contribution >= 4 is 76.2 Å². The fourth-order valence-electron chi connectivity index (χ4n) is 12.7. The summed E-state index contributed by atoms with van der Waals surface area (Å²) in [7, 11) is -3.17. The quantitative estimate of drug-likeness (QED) is 0.149. The lowest BCUT2D eigenvalue weighted by Crippen LogP contribution is -2.13. The van der Waals surface area contributed by atoms with Crippen LogP contribution in [0, 0.1) is 6.92 Å². The molecular weight excluding hydrogens is 1370 g/mol. The Labute approximate surface area is 648 Å².